The molecule has 10 heteroatoms. The van der Waals surface area contributed by atoms with Crippen LogP contribution in [0.4, 0.5) is 0 Å². The van der Waals surface area contributed by atoms with Gasteiger partial charge in [-0.15, -0.1) is 16.1 Å². The predicted octanol–water partition coefficient (Wildman–Crippen LogP) is 1.09. The summed E-state index contributed by atoms with van der Waals surface area (Å²) >= 11 is 0. The van der Waals surface area contributed by atoms with Gasteiger partial charge in [-0.1, -0.05) is 0 Å². The largest absolute Gasteiger partial charge is 0.318 e. The van der Waals surface area contributed by atoms with E-state index in [1.54, 1.807) is 0 Å². The van der Waals surface area contributed by atoms with Crippen LogP contribution in [0.2, 0.25) is 0 Å². The molecule has 0 atom stereocenters. The third-order valence-electron chi connectivity index (χ3n) is 1.29. The van der Waals surface area contributed by atoms with Gasteiger partial charge in [0.2, 0.25) is 9.23 Å². The second kappa shape index (κ2) is 3.17. The Hall–Kier alpha value is -3.22. The smallest absolute Gasteiger partial charge is 0.238 e. The zero-order chi connectivity index (χ0) is 12.8. The Morgan fingerprint density at radius 3 is 2.06 bits per heavy atom. The molecule has 0 rings (SSSR count). The topological polar surface area (TPSA) is 128 Å². The first-order chi connectivity index (χ1) is 7.47. The van der Waals surface area contributed by atoms with Crippen molar-refractivity contribution in [2.75, 3.05) is 0 Å². The summed E-state index contributed by atoms with van der Waals surface area (Å²) in [6.45, 7) is 13.1. The van der Waals surface area contributed by atoms with E-state index in [9.17, 15) is 4.79 Å². The van der Waals surface area contributed by atoms with E-state index in [1.807, 2.05) is 0 Å². The van der Waals surface area contributed by atoms with Gasteiger partial charge in [-0.2, -0.15) is 17.1 Å². The van der Waals surface area contributed by atoms with Gasteiger partial charge in [0, 0.05) is 8.68 Å². The number of nitriles is 3. The molecular formula is C6N6O3S. The first-order valence-corrected chi connectivity index (χ1v) is 5.25. The van der Waals surface area contributed by atoms with Gasteiger partial charge in [-0.25, -0.2) is 8.98 Å². The first-order valence-electron chi connectivity index (χ1n) is 3.04. The van der Waals surface area contributed by atoms with Crippen LogP contribution in [-0.4, -0.2) is 6.08 Å². The third-order valence-corrected chi connectivity index (χ3v) is 3.88. The van der Waals surface area contributed by atoms with Gasteiger partial charge in [0.1, 0.15) is 0 Å². The van der Waals surface area contributed by atoms with E-state index in [4.69, 9.17) is 28.9 Å². The summed E-state index contributed by atoms with van der Waals surface area (Å²) in [6, 6.07) is 0. The van der Waals surface area contributed by atoms with Crippen LogP contribution in [0.25, 0.3) is 9.26 Å². The number of nitrogens with zero attached hydrogens (tertiary/aromatic N) is 6. The highest BCUT2D eigenvalue weighted by Crippen LogP contribution is 2.92. The minimum absolute atomic E-state index is 0.737. The standard InChI is InChI=1S/C6N6O3S/c1-10-15-16(4-8,5-9,11-2,12-6-13)14-3-7. The van der Waals surface area contributed by atoms with Crippen LogP contribution in [0.3, 0.4) is 0 Å². The highest BCUT2D eigenvalue weighted by atomic mass is 32.4. The van der Waals surface area contributed by atoms with Crippen molar-refractivity contribution in [3.63, 3.8) is 0 Å². The molecular weight excluding hydrogens is 236 g/mol. The molecule has 0 heterocycles. The van der Waals surface area contributed by atoms with E-state index in [0.717, 1.165) is 23.1 Å². The molecule has 0 aliphatic heterocycles. The molecule has 78 valence electrons. The van der Waals surface area contributed by atoms with E-state index < -0.39 is 9.23 Å². The van der Waals surface area contributed by atoms with Crippen molar-refractivity contribution in [2.45, 2.75) is 0 Å². The molecule has 0 unspecified atom stereocenters. The lowest BCUT2D eigenvalue weighted by Crippen LogP contribution is -2.28. The average molecular weight is 236 g/mol. The minimum Gasteiger partial charge on any atom is -0.238 e. The van der Waals surface area contributed by atoms with Crippen LogP contribution >= 0.6 is 9.23 Å². The summed E-state index contributed by atoms with van der Waals surface area (Å²) in [5.74, 6) is 0. The monoisotopic (exact) mass is 236 g/mol. The Morgan fingerprint density at radius 2 is 1.81 bits per heavy atom. The van der Waals surface area contributed by atoms with Crippen LogP contribution in [-0.2, 0) is 13.3 Å². The normalized spacial score (nSPS) is 12.4. The molecule has 0 bridgehead atoms. The second-order valence-corrected chi connectivity index (χ2v) is 5.59. The molecule has 0 aliphatic carbocycles. The number of hydrogen-bond acceptors (Lipinski definition) is 7. The van der Waals surface area contributed by atoms with Gasteiger partial charge in [0.15, 0.2) is 0 Å². The van der Waals surface area contributed by atoms with Crippen molar-refractivity contribution >= 4 is 15.3 Å². The molecule has 0 saturated heterocycles. The number of thiocyanates is 2. The molecule has 0 spiro atoms. The van der Waals surface area contributed by atoms with Gasteiger partial charge in [-0.3, -0.25) is 0 Å². The lowest BCUT2D eigenvalue weighted by Gasteiger charge is -2.47. The molecule has 0 aromatic rings. The van der Waals surface area contributed by atoms with E-state index >= 15 is 0 Å². The third kappa shape index (κ3) is 1.16. The Labute approximate surface area is 88.9 Å². The molecule has 0 aliphatic rings. The number of hydrogen-bond donors (Lipinski definition) is 0. The molecule has 0 radical (unpaired) electrons. The molecule has 0 aromatic heterocycles. The average Bonchev–Trinajstić information content (AvgIpc) is 2.31. The highest BCUT2D eigenvalue weighted by Gasteiger charge is 2.70. The van der Waals surface area contributed by atoms with Gasteiger partial charge in [-0.05, 0) is 5.01 Å². The Morgan fingerprint density at radius 1 is 1.25 bits per heavy atom. The first kappa shape index (κ1) is 12.8. The number of rotatable bonds is 3. The van der Waals surface area contributed by atoms with Crippen molar-refractivity contribution < 1.29 is 13.3 Å². The van der Waals surface area contributed by atoms with Crippen LogP contribution in [0.1, 0.15) is 0 Å². The van der Waals surface area contributed by atoms with Crippen molar-refractivity contribution in [3.8, 4) is 17.1 Å². The summed E-state index contributed by atoms with van der Waals surface area (Å²) < 4.78 is 13.0. The molecule has 9 nitrogen and oxygen atoms in total. The molecule has 0 amide bonds. The quantitative estimate of drug-likeness (QED) is 0.237. The number of isocyanates is 1. The van der Waals surface area contributed by atoms with E-state index in [0.29, 0.717) is 0 Å². The molecule has 16 heavy (non-hydrogen) atoms. The molecule has 0 aromatic carbocycles. The fourth-order valence-electron chi connectivity index (χ4n) is 0.535. The van der Waals surface area contributed by atoms with Crippen molar-refractivity contribution in [3.05, 3.63) is 22.4 Å². The number of carbonyl (C=O) groups excluding carboxylic acids is 1. The molecule has 0 N–H and O–H groups in total. The van der Waals surface area contributed by atoms with Crippen LogP contribution in [0, 0.1) is 46.0 Å². The van der Waals surface area contributed by atoms with E-state index in [1.165, 1.54) is 0 Å². The van der Waals surface area contributed by atoms with E-state index in [2.05, 4.69) is 22.1 Å². The minimum atomic E-state index is -6.35. The maximum absolute atomic E-state index is 10.2. The van der Waals surface area contributed by atoms with Gasteiger partial charge in [0.25, 0.3) is 16.9 Å². The predicted molar refractivity (Wildman–Crippen MR) is 47.9 cm³/mol. The zero-order valence-electron chi connectivity index (χ0n) is 7.32. The summed E-state index contributed by atoms with van der Waals surface area (Å²) in [4.78, 5) is 10.2. The fourth-order valence-corrected chi connectivity index (χ4v) is 1.60. The summed E-state index contributed by atoms with van der Waals surface area (Å²) in [5.41, 5.74) is 0. The maximum atomic E-state index is 10.2. The van der Waals surface area contributed by atoms with Crippen LogP contribution in [0.5, 0.6) is 0 Å². The van der Waals surface area contributed by atoms with Crippen molar-refractivity contribution in [1.82, 2.24) is 0 Å². The van der Waals surface area contributed by atoms with Gasteiger partial charge in [0.05, 0.1) is 0 Å². The Balaban J connectivity index is 6.79. The lowest BCUT2D eigenvalue weighted by molar-refractivity contribution is 0.402. The van der Waals surface area contributed by atoms with Gasteiger partial charge >= 0.3 is 6.26 Å². The summed E-state index contributed by atoms with van der Waals surface area (Å²) in [7, 11) is -6.35. The molecule has 0 saturated carbocycles. The summed E-state index contributed by atoms with van der Waals surface area (Å²) in [6.07, 6.45) is 1.60. The van der Waals surface area contributed by atoms with Crippen LogP contribution < -0.4 is 0 Å². The highest BCUT2D eigenvalue weighted by molar-refractivity contribution is 8.65. The maximum Gasteiger partial charge on any atom is 0.318 e. The molecule has 0 fully saturated rings. The van der Waals surface area contributed by atoms with Crippen LogP contribution in [0.15, 0.2) is 4.40 Å². The fraction of sp³-hybridized carbons (Fsp3) is 0. The van der Waals surface area contributed by atoms with E-state index in [-0.39, 0.29) is 0 Å². The zero-order valence-corrected chi connectivity index (χ0v) is 8.13. The van der Waals surface area contributed by atoms with Crippen molar-refractivity contribution in [1.29, 1.82) is 15.8 Å². The lowest BCUT2D eigenvalue weighted by atomic mass is 11.6. The summed E-state index contributed by atoms with van der Waals surface area (Å²) in [5, 5.41) is 30.0. The Kier molecular flexibility index (Phi) is 2.53. The Bertz CT molecular complexity index is 537. The van der Waals surface area contributed by atoms with Crippen molar-refractivity contribution in [2.24, 2.45) is 4.40 Å². The van der Waals surface area contributed by atoms with Gasteiger partial charge < -0.3 is 0 Å². The SMILES string of the molecule is [C-]#[N+]OS(C#N)(C#N)(N=C=O)([N+]#[C-])OC#N. The second-order valence-electron chi connectivity index (χ2n) is 2.05.